The third-order valence-corrected chi connectivity index (χ3v) is 4.64. The van der Waals surface area contributed by atoms with Gasteiger partial charge >= 0.3 is 5.97 Å². The quantitative estimate of drug-likeness (QED) is 0.545. The first-order valence-electron chi connectivity index (χ1n) is 9.19. The van der Waals surface area contributed by atoms with Gasteiger partial charge in [-0.15, -0.1) is 0 Å². The van der Waals surface area contributed by atoms with E-state index in [-0.39, 0.29) is 23.8 Å². The third kappa shape index (κ3) is 5.81. The smallest absolute Gasteiger partial charge is 0.335 e. The fourth-order valence-electron chi connectivity index (χ4n) is 2.78. The Balaban J connectivity index is 1.62. The van der Waals surface area contributed by atoms with Crippen LogP contribution in [0.15, 0.2) is 66.7 Å². The lowest BCUT2D eigenvalue weighted by atomic mass is 10.1. The molecule has 0 radical (unpaired) electrons. The number of benzene rings is 3. The van der Waals surface area contributed by atoms with Gasteiger partial charge in [0.15, 0.2) is 0 Å². The minimum atomic E-state index is -1.01. The van der Waals surface area contributed by atoms with E-state index >= 15 is 0 Å². The molecule has 0 spiro atoms. The largest absolute Gasteiger partial charge is 0.492 e. The number of aromatic carboxylic acids is 1. The average molecular weight is 428 g/mol. The molecule has 3 rings (SSSR count). The highest BCUT2D eigenvalue weighted by molar-refractivity contribution is 6.31. The second kappa shape index (κ2) is 9.89. The van der Waals surface area contributed by atoms with Gasteiger partial charge in [0.2, 0.25) is 0 Å². The monoisotopic (exact) mass is 427 g/mol. The Morgan fingerprint density at radius 3 is 2.30 bits per heavy atom. The van der Waals surface area contributed by atoms with Crippen LogP contribution < -0.4 is 10.1 Å². The predicted octanol–water partition coefficient (Wildman–Crippen LogP) is 4.73. The van der Waals surface area contributed by atoms with Crippen LogP contribution in [0.25, 0.3) is 0 Å². The molecule has 0 unspecified atom stereocenters. The number of carboxylic acid groups (broad SMARTS) is 1. The Labute approximate surface area is 178 Å². The van der Waals surface area contributed by atoms with E-state index < -0.39 is 5.97 Å². The Kier molecular flexibility index (Phi) is 7.03. The highest BCUT2D eigenvalue weighted by atomic mass is 35.5. The Morgan fingerprint density at radius 2 is 1.63 bits per heavy atom. The van der Waals surface area contributed by atoms with E-state index in [1.807, 2.05) is 0 Å². The zero-order chi connectivity index (χ0) is 21.5. The molecule has 0 saturated carbocycles. The number of nitrogens with one attached hydrogen (secondary N) is 1. The molecule has 7 heteroatoms. The molecule has 30 heavy (non-hydrogen) atoms. The summed E-state index contributed by atoms with van der Waals surface area (Å²) in [5.74, 6) is -1.28. The minimum Gasteiger partial charge on any atom is -0.492 e. The summed E-state index contributed by atoms with van der Waals surface area (Å²) in [7, 11) is 0. The summed E-state index contributed by atoms with van der Waals surface area (Å²) >= 11 is 6.04. The van der Waals surface area contributed by atoms with Crippen molar-refractivity contribution in [3.8, 4) is 5.75 Å². The maximum Gasteiger partial charge on any atom is 0.335 e. The van der Waals surface area contributed by atoms with Gasteiger partial charge in [-0.25, -0.2) is 9.18 Å². The van der Waals surface area contributed by atoms with Crippen LogP contribution in [0.4, 0.5) is 4.39 Å². The van der Waals surface area contributed by atoms with Gasteiger partial charge in [0.25, 0.3) is 5.91 Å². The summed E-state index contributed by atoms with van der Waals surface area (Å²) in [6.07, 6.45) is 0.555. The van der Waals surface area contributed by atoms with Crippen molar-refractivity contribution in [2.45, 2.75) is 13.0 Å². The van der Waals surface area contributed by atoms with E-state index in [9.17, 15) is 14.0 Å². The molecule has 0 aliphatic rings. The lowest BCUT2D eigenvalue weighted by molar-refractivity contribution is 0.0696. The number of carbonyl (C=O) groups excluding carboxylic acids is 1. The molecular weight excluding hydrogens is 409 g/mol. The minimum absolute atomic E-state index is 0.178. The normalized spacial score (nSPS) is 10.5. The van der Waals surface area contributed by atoms with Gasteiger partial charge in [0.05, 0.1) is 17.7 Å². The van der Waals surface area contributed by atoms with Crippen molar-refractivity contribution in [3.05, 3.63) is 99.8 Å². The first-order chi connectivity index (χ1) is 14.4. The number of rotatable bonds is 8. The van der Waals surface area contributed by atoms with Crippen LogP contribution in [0.1, 0.15) is 31.8 Å². The number of carboxylic acids is 1. The summed E-state index contributed by atoms with van der Waals surface area (Å²) in [6, 6.07) is 17.2. The molecule has 0 atom stereocenters. The molecule has 0 aliphatic heterocycles. The lowest BCUT2D eigenvalue weighted by Gasteiger charge is -2.13. The Bertz CT molecular complexity index is 1040. The molecule has 0 fully saturated rings. The van der Waals surface area contributed by atoms with Crippen molar-refractivity contribution in [2.75, 3.05) is 6.61 Å². The van der Waals surface area contributed by atoms with Crippen molar-refractivity contribution in [3.63, 3.8) is 0 Å². The molecule has 1 amide bonds. The van der Waals surface area contributed by atoms with E-state index in [0.717, 1.165) is 11.1 Å². The van der Waals surface area contributed by atoms with E-state index in [1.165, 1.54) is 30.3 Å². The SMILES string of the molecule is O=C(O)c1ccc(CNC(=O)c2cc(Cl)ccc2OCCc2ccc(F)cc2)cc1. The van der Waals surface area contributed by atoms with Crippen LogP contribution in [-0.4, -0.2) is 23.6 Å². The van der Waals surface area contributed by atoms with E-state index in [0.29, 0.717) is 29.4 Å². The predicted molar refractivity (Wildman–Crippen MR) is 112 cm³/mol. The van der Waals surface area contributed by atoms with Crippen molar-refractivity contribution >= 4 is 23.5 Å². The van der Waals surface area contributed by atoms with Crippen molar-refractivity contribution in [1.29, 1.82) is 0 Å². The zero-order valence-corrected chi connectivity index (χ0v) is 16.7. The average Bonchev–Trinajstić information content (AvgIpc) is 2.74. The maximum absolute atomic E-state index is 13.0. The molecule has 0 heterocycles. The maximum atomic E-state index is 13.0. The molecule has 154 valence electrons. The van der Waals surface area contributed by atoms with E-state index in [2.05, 4.69) is 5.32 Å². The summed E-state index contributed by atoms with van der Waals surface area (Å²) < 4.78 is 18.8. The Morgan fingerprint density at radius 1 is 0.967 bits per heavy atom. The fourth-order valence-corrected chi connectivity index (χ4v) is 2.95. The number of carbonyl (C=O) groups is 2. The van der Waals surface area contributed by atoms with Crippen LogP contribution >= 0.6 is 11.6 Å². The second-order valence-corrected chi connectivity index (χ2v) is 6.99. The molecule has 0 aromatic heterocycles. The summed E-state index contributed by atoms with van der Waals surface area (Å²) in [5.41, 5.74) is 2.15. The van der Waals surface area contributed by atoms with Gasteiger partial charge in [-0.1, -0.05) is 35.9 Å². The first-order valence-corrected chi connectivity index (χ1v) is 9.57. The van der Waals surface area contributed by atoms with Crippen LogP contribution in [-0.2, 0) is 13.0 Å². The topological polar surface area (TPSA) is 75.6 Å². The van der Waals surface area contributed by atoms with Crippen molar-refractivity contribution < 1.29 is 23.8 Å². The Hall–Kier alpha value is -3.38. The van der Waals surface area contributed by atoms with Crippen molar-refractivity contribution in [1.82, 2.24) is 5.32 Å². The molecule has 3 aromatic carbocycles. The van der Waals surface area contributed by atoms with Crippen LogP contribution in [0, 0.1) is 5.82 Å². The standard InChI is InChI=1S/C23H19ClFNO4/c24-18-7-10-21(30-12-11-15-3-8-19(25)9-4-15)20(13-18)22(27)26-14-16-1-5-17(6-2-16)23(28)29/h1-10,13H,11-12,14H2,(H,26,27)(H,28,29). The van der Waals surface area contributed by atoms with Crippen LogP contribution in [0.2, 0.25) is 5.02 Å². The molecule has 0 saturated heterocycles. The number of halogens is 2. The lowest BCUT2D eigenvalue weighted by Crippen LogP contribution is -2.23. The molecule has 3 aromatic rings. The van der Waals surface area contributed by atoms with Crippen LogP contribution in [0.3, 0.4) is 0 Å². The number of hydrogen-bond donors (Lipinski definition) is 2. The molecule has 2 N–H and O–H groups in total. The van der Waals surface area contributed by atoms with Crippen molar-refractivity contribution in [2.24, 2.45) is 0 Å². The second-order valence-electron chi connectivity index (χ2n) is 6.55. The molecular formula is C23H19ClFNO4. The fraction of sp³-hybridized carbons (Fsp3) is 0.130. The highest BCUT2D eigenvalue weighted by Crippen LogP contribution is 2.23. The van der Waals surface area contributed by atoms with Crippen LogP contribution in [0.5, 0.6) is 5.75 Å². The van der Waals surface area contributed by atoms with E-state index in [1.54, 1.807) is 36.4 Å². The number of ether oxygens (including phenoxy) is 1. The number of amides is 1. The van der Waals surface area contributed by atoms with Gasteiger partial charge in [-0.05, 0) is 53.6 Å². The first kappa shape index (κ1) is 21.3. The van der Waals surface area contributed by atoms with Gasteiger partial charge in [0.1, 0.15) is 11.6 Å². The van der Waals surface area contributed by atoms with Gasteiger partial charge in [-0.2, -0.15) is 0 Å². The third-order valence-electron chi connectivity index (χ3n) is 4.40. The summed E-state index contributed by atoms with van der Waals surface area (Å²) in [6.45, 7) is 0.532. The molecule has 5 nitrogen and oxygen atoms in total. The van der Waals surface area contributed by atoms with Gasteiger partial charge in [-0.3, -0.25) is 4.79 Å². The highest BCUT2D eigenvalue weighted by Gasteiger charge is 2.14. The molecule has 0 bridgehead atoms. The summed E-state index contributed by atoms with van der Waals surface area (Å²) in [5, 5.41) is 12.1. The van der Waals surface area contributed by atoms with Gasteiger partial charge in [0, 0.05) is 18.0 Å². The number of hydrogen-bond acceptors (Lipinski definition) is 3. The summed E-state index contributed by atoms with van der Waals surface area (Å²) in [4.78, 5) is 23.6. The zero-order valence-electron chi connectivity index (χ0n) is 15.9. The molecule has 0 aliphatic carbocycles. The van der Waals surface area contributed by atoms with Gasteiger partial charge < -0.3 is 15.2 Å². The van der Waals surface area contributed by atoms with E-state index in [4.69, 9.17) is 21.4 Å².